The van der Waals surface area contributed by atoms with E-state index in [9.17, 15) is 9.59 Å². The summed E-state index contributed by atoms with van der Waals surface area (Å²) < 4.78 is 2.87. The topological polar surface area (TPSA) is 88.9 Å². The van der Waals surface area contributed by atoms with Gasteiger partial charge in [-0.25, -0.2) is 0 Å². The molecule has 0 saturated carbocycles. The second-order valence-corrected chi connectivity index (χ2v) is 10.4. The van der Waals surface area contributed by atoms with Crippen LogP contribution in [0, 0.1) is 12.8 Å². The summed E-state index contributed by atoms with van der Waals surface area (Å²) in [6, 6.07) is 14.5. The summed E-state index contributed by atoms with van der Waals surface area (Å²) in [5.41, 5.74) is 2.33. The number of thioether (sulfide) groups is 1. The molecule has 35 heavy (non-hydrogen) atoms. The molecule has 184 valence electrons. The van der Waals surface area contributed by atoms with Crippen molar-refractivity contribution in [2.24, 2.45) is 5.92 Å². The molecular weight excluding hydrogens is 526 g/mol. The van der Waals surface area contributed by atoms with Crippen molar-refractivity contribution in [2.75, 3.05) is 11.1 Å². The van der Waals surface area contributed by atoms with E-state index in [0.717, 1.165) is 15.7 Å². The summed E-state index contributed by atoms with van der Waals surface area (Å²) in [5, 5.41) is 15.4. The maximum absolute atomic E-state index is 12.9. The predicted molar refractivity (Wildman–Crippen MR) is 145 cm³/mol. The van der Waals surface area contributed by atoms with Gasteiger partial charge in [0.05, 0.1) is 11.8 Å². The number of aryl methyl sites for hydroxylation is 1. The summed E-state index contributed by atoms with van der Waals surface area (Å²) in [7, 11) is 0. The van der Waals surface area contributed by atoms with E-state index in [2.05, 4.69) is 57.2 Å². The Morgan fingerprint density at radius 2 is 1.91 bits per heavy atom. The Hall–Kier alpha value is -2.91. The quantitative estimate of drug-likeness (QED) is 0.231. The number of carbonyl (C=O) groups is 2. The van der Waals surface area contributed by atoms with Crippen molar-refractivity contribution in [2.45, 2.75) is 44.9 Å². The highest BCUT2D eigenvalue weighted by Crippen LogP contribution is 2.26. The first kappa shape index (κ1) is 26.7. The maximum Gasteiger partial charge on any atom is 0.251 e. The lowest BCUT2D eigenvalue weighted by molar-refractivity contribution is -0.113. The number of rotatable bonds is 11. The van der Waals surface area contributed by atoms with Crippen LogP contribution in [0.1, 0.15) is 48.1 Å². The zero-order valence-electron chi connectivity index (χ0n) is 20.1. The van der Waals surface area contributed by atoms with E-state index in [1.165, 1.54) is 11.8 Å². The Morgan fingerprint density at radius 1 is 1.17 bits per heavy atom. The number of aromatic nitrogens is 3. The van der Waals surface area contributed by atoms with Crippen LogP contribution in [-0.4, -0.2) is 32.3 Å². The summed E-state index contributed by atoms with van der Waals surface area (Å²) >= 11 is 4.74. The monoisotopic (exact) mass is 555 g/mol. The van der Waals surface area contributed by atoms with Crippen molar-refractivity contribution in [1.29, 1.82) is 0 Å². The molecule has 1 aromatic heterocycles. The predicted octanol–water partition coefficient (Wildman–Crippen LogP) is 5.78. The van der Waals surface area contributed by atoms with Gasteiger partial charge in [0.25, 0.3) is 5.91 Å². The molecule has 2 amide bonds. The molecule has 9 heteroatoms. The van der Waals surface area contributed by atoms with Crippen LogP contribution in [0.3, 0.4) is 0 Å². The first-order valence-corrected chi connectivity index (χ1v) is 13.1. The molecule has 3 rings (SSSR count). The number of nitrogens with zero attached hydrogens (tertiary/aromatic N) is 3. The lowest BCUT2D eigenvalue weighted by Crippen LogP contribution is -2.31. The first-order chi connectivity index (χ1) is 16.8. The van der Waals surface area contributed by atoms with Gasteiger partial charge in [0.1, 0.15) is 0 Å². The van der Waals surface area contributed by atoms with Crippen molar-refractivity contribution in [3.05, 3.63) is 82.6 Å². The Morgan fingerprint density at radius 3 is 2.57 bits per heavy atom. The highest BCUT2D eigenvalue weighted by Gasteiger charge is 2.24. The van der Waals surface area contributed by atoms with Crippen molar-refractivity contribution in [1.82, 2.24) is 20.1 Å². The second-order valence-electron chi connectivity index (χ2n) is 8.56. The molecule has 0 radical (unpaired) electrons. The minimum Gasteiger partial charge on any atom is -0.342 e. The van der Waals surface area contributed by atoms with Gasteiger partial charge in [-0.1, -0.05) is 65.8 Å². The summed E-state index contributed by atoms with van der Waals surface area (Å²) in [6.07, 6.45) is 2.45. The van der Waals surface area contributed by atoms with Gasteiger partial charge < -0.3 is 15.2 Å². The van der Waals surface area contributed by atoms with Crippen LogP contribution in [0.5, 0.6) is 0 Å². The molecular formula is C26H30BrN5O2S. The minimum atomic E-state index is -0.330. The number of anilines is 1. The Bertz CT molecular complexity index is 1180. The van der Waals surface area contributed by atoms with E-state index >= 15 is 0 Å². The van der Waals surface area contributed by atoms with Gasteiger partial charge in [0.15, 0.2) is 11.0 Å². The van der Waals surface area contributed by atoms with E-state index in [4.69, 9.17) is 0 Å². The molecule has 1 heterocycles. The largest absolute Gasteiger partial charge is 0.342 e. The lowest BCUT2D eigenvalue weighted by atomic mass is 10.0. The lowest BCUT2D eigenvalue weighted by Gasteiger charge is -2.21. The zero-order chi connectivity index (χ0) is 25.4. The fourth-order valence-electron chi connectivity index (χ4n) is 3.58. The first-order valence-electron chi connectivity index (χ1n) is 11.4. The molecule has 0 aliphatic rings. The molecule has 0 bridgehead atoms. The van der Waals surface area contributed by atoms with Crippen molar-refractivity contribution in [3.63, 3.8) is 0 Å². The van der Waals surface area contributed by atoms with Crippen molar-refractivity contribution in [3.8, 4) is 0 Å². The van der Waals surface area contributed by atoms with Gasteiger partial charge >= 0.3 is 0 Å². The number of benzene rings is 2. The third-order valence-corrected chi connectivity index (χ3v) is 6.67. The number of amides is 2. The van der Waals surface area contributed by atoms with Gasteiger partial charge in [-0.2, -0.15) is 0 Å². The highest BCUT2D eigenvalue weighted by atomic mass is 79.9. The molecule has 0 fully saturated rings. The highest BCUT2D eigenvalue weighted by molar-refractivity contribution is 9.10. The third-order valence-electron chi connectivity index (χ3n) is 5.21. The number of halogens is 1. The molecule has 7 nitrogen and oxygen atoms in total. The smallest absolute Gasteiger partial charge is 0.251 e. The van der Waals surface area contributed by atoms with Crippen LogP contribution >= 0.6 is 27.7 Å². The van der Waals surface area contributed by atoms with Gasteiger partial charge in [0.2, 0.25) is 5.91 Å². The third kappa shape index (κ3) is 7.53. The maximum atomic E-state index is 12.9. The SMILES string of the molecule is C=CCn1c(SCC(=O)Nc2ccc(Br)cc2C)nnc1C(CC(C)C)NC(=O)c1ccccc1. The van der Waals surface area contributed by atoms with E-state index in [1.807, 2.05) is 47.9 Å². The average Bonchev–Trinajstić information content (AvgIpc) is 3.22. The van der Waals surface area contributed by atoms with Gasteiger partial charge in [0, 0.05) is 22.3 Å². The van der Waals surface area contributed by atoms with Crippen LogP contribution in [0.25, 0.3) is 0 Å². The van der Waals surface area contributed by atoms with Crippen LogP contribution in [0.15, 0.2) is 70.8 Å². The normalized spacial score (nSPS) is 11.8. The molecule has 0 aliphatic heterocycles. The molecule has 0 spiro atoms. The molecule has 0 saturated heterocycles. The summed E-state index contributed by atoms with van der Waals surface area (Å²) in [4.78, 5) is 25.5. The number of nitrogens with one attached hydrogen (secondary N) is 2. The standard InChI is InChI=1S/C26H30BrN5O2S/c1-5-13-32-24(22(14-17(2)3)29-25(34)19-9-7-6-8-10-19)30-31-26(32)35-16-23(33)28-21-12-11-20(27)15-18(21)4/h5-12,15,17,22H,1,13-14,16H2,2-4H3,(H,28,33)(H,29,34). The Balaban J connectivity index is 1.76. The molecule has 1 unspecified atom stereocenters. The molecule has 2 aromatic carbocycles. The van der Waals surface area contributed by atoms with E-state index in [0.29, 0.717) is 35.4 Å². The van der Waals surface area contributed by atoms with Gasteiger partial charge in [-0.3, -0.25) is 9.59 Å². The fourth-order valence-corrected chi connectivity index (χ4v) is 4.81. The van der Waals surface area contributed by atoms with E-state index in [-0.39, 0.29) is 23.6 Å². The summed E-state index contributed by atoms with van der Waals surface area (Å²) in [6.45, 7) is 10.5. The van der Waals surface area contributed by atoms with Crippen molar-refractivity contribution < 1.29 is 9.59 Å². The molecule has 2 N–H and O–H groups in total. The Kier molecular flexibility index (Phi) is 9.68. The van der Waals surface area contributed by atoms with Crippen LogP contribution < -0.4 is 10.6 Å². The number of allylic oxidation sites excluding steroid dienone is 1. The number of hydrogen-bond acceptors (Lipinski definition) is 5. The average molecular weight is 557 g/mol. The van der Waals surface area contributed by atoms with Crippen LogP contribution in [0.2, 0.25) is 0 Å². The Labute approximate surface area is 218 Å². The fraction of sp³-hybridized carbons (Fsp3) is 0.308. The van der Waals surface area contributed by atoms with Crippen LogP contribution in [0.4, 0.5) is 5.69 Å². The van der Waals surface area contributed by atoms with Crippen molar-refractivity contribution >= 4 is 45.2 Å². The van der Waals surface area contributed by atoms with Gasteiger partial charge in [-0.05, 0) is 55.2 Å². The zero-order valence-corrected chi connectivity index (χ0v) is 22.5. The second kappa shape index (κ2) is 12.7. The van der Waals surface area contributed by atoms with E-state index in [1.54, 1.807) is 18.2 Å². The van der Waals surface area contributed by atoms with Crippen LogP contribution in [-0.2, 0) is 11.3 Å². The molecule has 1 atom stereocenters. The minimum absolute atomic E-state index is 0.133. The molecule has 0 aliphatic carbocycles. The van der Waals surface area contributed by atoms with Gasteiger partial charge in [-0.15, -0.1) is 16.8 Å². The number of carbonyl (C=O) groups excluding carboxylic acids is 2. The summed E-state index contributed by atoms with van der Waals surface area (Å²) in [5.74, 6) is 0.848. The number of hydrogen-bond donors (Lipinski definition) is 2. The molecule has 3 aromatic rings. The van der Waals surface area contributed by atoms with E-state index < -0.39 is 0 Å².